The molecule has 0 aliphatic rings. The van der Waals surface area contributed by atoms with Crippen LogP contribution >= 0.6 is 0 Å². The van der Waals surface area contributed by atoms with Gasteiger partial charge in [0.05, 0.1) is 11.7 Å². The predicted octanol–water partition coefficient (Wildman–Crippen LogP) is 3.56. The van der Waals surface area contributed by atoms with Gasteiger partial charge < -0.3 is 9.64 Å². The van der Waals surface area contributed by atoms with Gasteiger partial charge in [-0.2, -0.15) is 0 Å². The van der Waals surface area contributed by atoms with Crippen molar-refractivity contribution in [2.24, 2.45) is 5.41 Å². The highest BCUT2D eigenvalue weighted by Crippen LogP contribution is 2.24. The molecule has 0 aromatic heterocycles. The van der Waals surface area contributed by atoms with Crippen LogP contribution in [0.25, 0.3) is 0 Å². The van der Waals surface area contributed by atoms with Crippen LogP contribution in [0.15, 0.2) is 0 Å². The topological polar surface area (TPSA) is 12.5 Å². The van der Waals surface area contributed by atoms with Gasteiger partial charge in [-0.15, -0.1) is 0 Å². The third kappa shape index (κ3) is 10.4. The van der Waals surface area contributed by atoms with E-state index in [1.54, 1.807) is 0 Å². The van der Waals surface area contributed by atoms with Gasteiger partial charge >= 0.3 is 0 Å². The number of nitrogens with zero attached hydrogens (tertiary/aromatic N) is 1. The van der Waals surface area contributed by atoms with Gasteiger partial charge in [-0.05, 0) is 53.1 Å². The molecule has 0 radical (unpaired) electrons. The van der Waals surface area contributed by atoms with E-state index in [2.05, 4.69) is 60.5 Å². The molecule has 0 heterocycles. The fourth-order valence-electron chi connectivity index (χ4n) is 1.69. The molecule has 0 bridgehead atoms. The lowest BCUT2D eigenvalue weighted by molar-refractivity contribution is -0.0738. The standard InChI is InChI=1S/C14H31NO/c1-13(2,3)10-9-12(11-15(7)8)16-14(4,5)6/h12H,9-11H2,1-8H3. The molecule has 0 fully saturated rings. The van der Waals surface area contributed by atoms with Crippen molar-refractivity contribution in [2.45, 2.75) is 66.1 Å². The Morgan fingerprint density at radius 2 is 1.50 bits per heavy atom. The van der Waals surface area contributed by atoms with Gasteiger partial charge in [-0.25, -0.2) is 0 Å². The quantitative estimate of drug-likeness (QED) is 0.715. The van der Waals surface area contributed by atoms with Crippen LogP contribution in [-0.2, 0) is 4.74 Å². The van der Waals surface area contributed by atoms with E-state index < -0.39 is 0 Å². The largest absolute Gasteiger partial charge is 0.371 e. The Morgan fingerprint density at radius 3 is 1.81 bits per heavy atom. The minimum absolute atomic E-state index is 0.0431. The highest BCUT2D eigenvalue weighted by molar-refractivity contribution is 4.72. The van der Waals surface area contributed by atoms with Crippen LogP contribution in [-0.4, -0.2) is 37.2 Å². The van der Waals surface area contributed by atoms with Gasteiger partial charge in [0.15, 0.2) is 0 Å². The third-order valence-electron chi connectivity index (χ3n) is 2.31. The normalized spacial score (nSPS) is 15.6. The summed E-state index contributed by atoms with van der Waals surface area (Å²) in [5.74, 6) is 0. The molecular formula is C14H31NO. The van der Waals surface area contributed by atoms with Crippen LogP contribution < -0.4 is 0 Å². The second kappa shape index (κ2) is 6.02. The Bertz CT molecular complexity index is 186. The minimum atomic E-state index is -0.0431. The van der Waals surface area contributed by atoms with Gasteiger partial charge in [-0.3, -0.25) is 0 Å². The molecule has 0 aliphatic carbocycles. The molecule has 1 unspecified atom stereocenters. The average Bonchev–Trinajstić information content (AvgIpc) is 1.94. The molecule has 98 valence electrons. The highest BCUT2D eigenvalue weighted by Gasteiger charge is 2.21. The van der Waals surface area contributed by atoms with Crippen molar-refractivity contribution in [2.75, 3.05) is 20.6 Å². The summed E-state index contributed by atoms with van der Waals surface area (Å²) in [6.45, 7) is 14.3. The number of hydrogen-bond donors (Lipinski definition) is 0. The first-order valence-electron chi connectivity index (χ1n) is 6.32. The molecule has 0 aliphatic heterocycles. The zero-order valence-electron chi connectivity index (χ0n) is 12.6. The van der Waals surface area contributed by atoms with Crippen LogP contribution in [0.2, 0.25) is 0 Å². The van der Waals surface area contributed by atoms with E-state index in [1.165, 1.54) is 6.42 Å². The summed E-state index contributed by atoms with van der Waals surface area (Å²) < 4.78 is 6.10. The summed E-state index contributed by atoms with van der Waals surface area (Å²) in [4.78, 5) is 2.21. The maximum atomic E-state index is 6.10. The number of hydrogen-bond acceptors (Lipinski definition) is 2. The second-order valence-electron chi connectivity index (χ2n) is 7.21. The summed E-state index contributed by atoms with van der Waals surface area (Å²) >= 11 is 0. The Balaban J connectivity index is 4.22. The van der Waals surface area contributed by atoms with E-state index in [4.69, 9.17) is 4.74 Å². The summed E-state index contributed by atoms with van der Waals surface area (Å²) in [6.07, 6.45) is 2.69. The Kier molecular flexibility index (Phi) is 5.99. The van der Waals surface area contributed by atoms with Gasteiger partial charge in [-0.1, -0.05) is 20.8 Å². The van der Waals surface area contributed by atoms with Crippen LogP contribution in [0, 0.1) is 5.41 Å². The molecule has 1 atom stereocenters. The van der Waals surface area contributed by atoms with E-state index in [1.807, 2.05) is 0 Å². The van der Waals surface area contributed by atoms with Crippen molar-refractivity contribution < 1.29 is 4.74 Å². The van der Waals surface area contributed by atoms with Gasteiger partial charge in [0.2, 0.25) is 0 Å². The van der Waals surface area contributed by atoms with Gasteiger partial charge in [0.25, 0.3) is 0 Å². The van der Waals surface area contributed by atoms with Crippen molar-refractivity contribution >= 4 is 0 Å². The molecular weight excluding hydrogens is 198 g/mol. The summed E-state index contributed by atoms with van der Waals surface area (Å²) in [5.41, 5.74) is 0.352. The first-order chi connectivity index (χ1) is 6.99. The number of ether oxygens (including phenoxy) is 1. The molecule has 2 nitrogen and oxygen atoms in total. The van der Waals surface area contributed by atoms with Gasteiger partial charge in [0.1, 0.15) is 0 Å². The van der Waals surface area contributed by atoms with E-state index in [-0.39, 0.29) is 5.60 Å². The molecule has 2 heteroatoms. The fraction of sp³-hybridized carbons (Fsp3) is 1.00. The van der Waals surface area contributed by atoms with Crippen LogP contribution in [0.1, 0.15) is 54.4 Å². The van der Waals surface area contributed by atoms with Crippen molar-refractivity contribution in [3.05, 3.63) is 0 Å². The smallest absolute Gasteiger partial charge is 0.0709 e. The van der Waals surface area contributed by atoms with Gasteiger partial charge in [0, 0.05) is 6.54 Å². The zero-order valence-corrected chi connectivity index (χ0v) is 12.6. The molecule has 0 saturated heterocycles. The summed E-state index contributed by atoms with van der Waals surface area (Å²) in [6, 6.07) is 0. The SMILES string of the molecule is CN(C)CC(CCC(C)(C)C)OC(C)(C)C. The summed E-state index contributed by atoms with van der Waals surface area (Å²) in [7, 11) is 4.21. The first kappa shape index (κ1) is 15.9. The Hall–Kier alpha value is -0.0800. The Labute approximate surface area is 102 Å². The lowest BCUT2D eigenvalue weighted by atomic mass is 9.89. The maximum Gasteiger partial charge on any atom is 0.0709 e. The molecule has 0 amide bonds. The molecule has 0 spiro atoms. The highest BCUT2D eigenvalue weighted by atomic mass is 16.5. The van der Waals surface area contributed by atoms with Crippen molar-refractivity contribution in [1.29, 1.82) is 0 Å². The van der Waals surface area contributed by atoms with Crippen molar-refractivity contribution in [3.63, 3.8) is 0 Å². The third-order valence-corrected chi connectivity index (χ3v) is 2.31. The fourth-order valence-corrected chi connectivity index (χ4v) is 1.69. The predicted molar refractivity (Wildman–Crippen MR) is 71.9 cm³/mol. The maximum absolute atomic E-state index is 6.10. The lowest BCUT2D eigenvalue weighted by Crippen LogP contribution is -2.35. The van der Waals surface area contributed by atoms with E-state index >= 15 is 0 Å². The van der Waals surface area contributed by atoms with E-state index in [0.717, 1.165) is 13.0 Å². The zero-order chi connectivity index (χ0) is 13.0. The molecule has 0 saturated carbocycles. The molecule has 0 aromatic rings. The molecule has 0 aromatic carbocycles. The van der Waals surface area contributed by atoms with Crippen molar-refractivity contribution in [3.8, 4) is 0 Å². The monoisotopic (exact) mass is 229 g/mol. The molecule has 0 rings (SSSR count). The summed E-state index contributed by atoms with van der Waals surface area (Å²) in [5, 5.41) is 0. The average molecular weight is 229 g/mol. The van der Waals surface area contributed by atoms with Crippen LogP contribution in [0.4, 0.5) is 0 Å². The second-order valence-corrected chi connectivity index (χ2v) is 7.21. The Morgan fingerprint density at radius 1 is 1.00 bits per heavy atom. The van der Waals surface area contributed by atoms with E-state index in [0.29, 0.717) is 11.5 Å². The van der Waals surface area contributed by atoms with Crippen molar-refractivity contribution in [1.82, 2.24) is 4.90 Å². The van der Waals surface area contributed by atoms with Crippen LogP contribution in [0.5, 0.6) is 0 Å². The lowest BCUT2D eigenvalue weighted by Gasteiger charge is -2.31. The van der Waals surface area contributed by atoms with Crippen LogP contribution in [0.3, 0.4) is 0 Å². The first-order valence-corrected chi connectivity index (χ1v) is 6.32. The van der Waals surface area contributed by atoms with E-state index in [9.17, 15) is 0 Å². The number of likely N-dealkylation sites (N-methyl/N-ethyl adjacent to an activating group) is 1. The number of rotatable bonds is 5. The molecule has 0 N–H and O–H groups in total. The molecule has 16 heavy (non-hydrogen) atoms. The minimum Gasteiger partial charge on any atom is -0.371 e.